The van der Waals surface area contributed by atoms with Gasteiger partial charge in [-0.1, -0.05) is 44.4 Å². The minimum absolute atomic E-state index is 0.231. The first-order valence-electron chi connectivity index (χ1n) is 11.2. The van der Waals surface area contributed by atoms with Crippen molar-refractivity contribution in [1.29, 1.82) is 0 Å². The highest BCUT2D eigenvalue weighted by atomic mass is 19.1. The van der Waals surface area contributed by atoms with Crippen LogP contribution in [0.3, 0.4) is 0 Å². The molecule has 29 heavy (non-hydrogen) atoms. The summed E-state index contributed by atoms with van der Waals surface area (Å²) in [6.45, 7) is 2.29. The van der Waals surface area contributed by atoms with Crippen molar-refractivity contribution in [3.63, 3.8) is 0 Å². The monoisotopic (exact) mass is 392 g/mol. The summed E-state index contributed by atoms with van der Waals surface area (Å²) in [6, 6.07) is 9.66. The van der Waals surface area contributed by atoms with Gasteiger partial charge in [-0.05, 0) is 97.4 Å². The van der Waals surface area contributed by atoms with E-state index >= 15 is 0 Å². The Morgan fingerprint density at radius 3 is 2.34 bits per heavy atom. The summed E-state index contributed by atoms with van der Waals surface area (Å²) in [5.74, 6) is 7.84. The quantitative estimate of drug-likeness (QED) is 0.490. The molecule has 1 atom stereocenters. The van der Waals surface area contributed by atoms with E-state index < -0.39 is 0 Å². The molecule has 2 aromatic rings. The molecule has 0 heterocycles. The fraction of sp³-hybridized carbons (Fsp3) is 0.481. The molecular weight excluding hydrogens is 362 g/mol. The molecule has 0 spiro atoms. The Bertz CT molecular complexity index is 893. The lowest BCUT2D eigenvalue weighted by molar-refractivity contribution is 0.184. The van der Waals surface area contributed by atoms with Crippen molar-refractivity contribution in [1.82, 2.24) is 0 Å². The van der Waals surface area contributed by atoms with Gasteiger partial charge >= 0.3 is 0 Å². The van der Waals surface area contributed by atoms with Gasteiger partial charge in [-0.3, -0.25) is 0 Å². The van der Waals surface area contributed by atoms with Gasteiger partial charge in [0, 0.05) is 5.56 Å². The molecule has 4 rings (SSSR count). The van der Waals surface area contributed by atoms with E-state index in [0.29, 0.717) is 17.0 Å². The lowest BCUT2D eigenvalue weighted by atomic mass is 9.69. The molecule has 0 bridgehead atoms. The first-order valence-corrected chi connectivity index (χ1v) is 11.2. The van der Waals surface area contributed by atoms with E-state index in [1.165, 1.54) is 68.2 Å². The molecule has 0 radical (unpaired) electrons. The number of hydrogen-bond donors (Lipinski definition) is 0. The summed E-state index contributed by atoms with van der Waals surface area (Å²) in [6.07, 6.45) is 11.4. The van der Waals surface area contributed by atoms with Crippen LogP contribution in [0.15, 0.2) is 36.4 Å². The van der Waals surface area contributed by atoms with Crippen LogP contribution in [0.25, 0.3) is 0 Å². The van der Waals surface area contributed by atoms with E-state index in [1.807, 2.05) is 6.07 Å². The molecular formula is C27H30F2. The van der Waals surface area contributed by atoms with Crippen LogP contribution in [0.5, 0.6) is 0 Å². The molecule has 0 nitrogen and oxygen atoms in total. The van der Waals surface area contributed by atoms with Gasteiger partial charge in [0.1, 0.15) is 11.6 Å². The van der Waals surface area contributed by atoms with Crippen LogP contribution < -0.4 is 0 Å². The van der Waals surface area contributed by atoms with Crippen molar-refractivity contribution >= 4 is 0 Å². The zero-order valence-corrected chi connectivity index (χ0v) is 17.3. The average Bonchev–Trinajstić information content (AvgIpc) is 2.74. The van der Waals surface area contributed by atoms with Crippen LogP contribution in [-0.2, 0) is 12.8 Å². The Morgan fingerprint density at radius 1 is 0.862 bits per heavy atom. The van der Waals surface area contributed by atoms with Gasteiger partial charge in [-0.15, -0.1) is 0 Å². The third-order valence-corrected chi connectivity index (χ3v) is 7.00. The summed E-state index contributed by atoms with van der Waals surface area (Å²) in [4.78, 5) is 0. The maximum atomic E-state index is 14.7. The Labute approximate surface area is 173 Å². The SMILES string of the molecule is CCCC1CCC(C2CCc3cc(C#Cc4ccc(F)cc4)c(F)cc3C2)CC1. The lowest BCUT2D eigenvalue weighted by Crippen LogP contribution is -2.26. The normalized spacial score (nSPS) is 23.8. The predicted molar refractivity (Wildman–Crippen MR) is 115 cm³/mol. The second kappa shape index (κ2) is 9.12. The molecule has 2 heteroatoms. The molecule has 0 aliphatic heterocycles. The van der Waals surface area contributed by atoms with Gasteiger partial charge in [0.15, 0.2) is 0 Å². The zero-order valence-electron chi connectivity index (χ0n) is 17.3. The molecule has 2 aromatic carbocycles. The topological polar surface area (TPSA) is 0 Å². The van der Waals surface area contributed by atoms with Gasteiger partial charge < -0.3 is 0 Å². The predicted octanol–water partition coefficient (Wildman–Crippen LogP) is 7.08. The molecule has 2 aliphatic carbocycles. The van der Waals surface area contributed by atoms with Crippen molar-refractivity contribution in [3.8, 4) is 11.8 Å². The Morgan fingerprint density at radius 2 is 1.62 bits per heavy atom. The van der Waals surface area contributed by atoms with Gasteiger partial charge in [0.2, 0.25) is 0 Å². The second-order valence-corrected chi connectivity index (χ2v) is 8.93. The van der Waals surface area contributed by atoms with Gasteiger partial charge in [0.05, 0.1) is 5.56 Å². The fourth-order valence-electron chi connectivity index (χ4n) is 5.33. The van der Waals surface area contributed by atoms with Gasteiger partial charge in [0.25, 0.3) is 0 Å². The van der Waals surface area contributed by atoms with Gasteiger partial charge in [-0.25, -0.2) is 8.78 Å². The summed E-state index contributed by atoms with van der Waals surface area (Å²) in [7, 11) is 0. The van der Waals surface area contributed by atoms with E-state index in [2.05, 4.69) is 18.8 Å². The minimum Gasteiger partial charge on any atom is -0.207 e. The smallest absolute Gasteiger partial charge is 0.139 e. The van der Waals surface area contributed by atoms with Crippen LogP contribution in [0, 0.1) is 41.2 Å². The summed E-state index contributed by atoms with van der Waals surface area (Å²) >= 11 is 0. The van der Waals surface area contributed by atoms with Gasteiger partial charge in [-0.2, -0.15) is 0 Å². The molecule has 0 N–H and O–H groups in total. The van der Waals surface area contributed by atoms with Crippen molar-refractivity contribution in [2.24, 2.45) is 17.8 Å². The standard InChI is InChI=1S/C27H30F2/c1-2-3-19-4-9-21(10-5-19)22-12-13-23-16-24(27(29)18-25(23)17-22)11-6-20-7-14-26(28)15-8-20/h7-8,14-16,18-19,21-22H,2-5,9-10,12-13,17H2,1H3. The number of aryl methyl sites for hydroxylation is 1. The van der Waals surface area contributed by atoms with Crippen molar-refractivity contribution < 1.29 is 8.78 Å². The maximum absolute atomic E-state index is 14.7. The minimum atomic E-state index is -0.288. The first-order chi connectivity index (χ1) is 14.1. The molecule has 2 aliphatic rings. The summed E-state index contributed by atoms with van der Waals surface area (Å²) in [5, 5.41) is 0. The molecule has 1 unspecified atom stereocenters. The molecule has 1 saturated carbocycles. The lowest BCUT2D eigenvalue weighted by Gasteiger charge is -2.36. The van der Waals surface area contributed by atoms with E-state index in [1.54, 1.807) is 18.2 Å². The maximum Gasteiger partial charge on any atom is 0.139 e. The first kappa shape index (κ1) is 20.1. The second-order valence-electron chi connectivity index (χ2n) is 8.93. The van der Waals surface area contributed by atoms with Crippen LogP contribution >= 0.6 is 0 Å². The molecule has 1 fully saturated rings. The number of benzene rings is 2. The molecule has 0 saturated heterocycles. The highest BCUT2D eigenvalue weighted by Crippen LogP contribution is 2.40. The highest BCUT2D eigenvalue weighted by molar-refractivity contribution is 5.47. The van der Waals surface area contributed by atoms with E-state index in [-0.39, 0.29) is 11.6 Å². The highest BCUT2D eigenvalue weighted by Gasteiger charge is 2.30. The number of fused-ring (bicyclic) bond motifs is 1. The largest absolute Gasteiger partial charge is 0.207 e. The Hall–Kier alpha value is -2.14. The van der Waals surface area contributed by atoms with Crippen molar-refractivity contribution in [2.45, 2.75) is 64.7 Å². The molecule has 0 amide bonds. The third-order valence-electron chi connectivity index (χ3n) is 7.00. The van der Waals surface area contributed by atoms with Crippen LogP contribution in [0.2, 0.25) is 0 Å². The molecule has 0 aromatic heterocycles. The number of halogens is 2. The van der Waals surface area contributed by atoms with E-state index in [4.69, 9.17) is 0 Å². The van der Waals surface area contributed by atoms with Crippen LogP contribution in [0.4, 0.5) is 8.78 Å². The van der Waals surface area contributed by atoms with Crippen molar-refractivity contribution in [2.75, 3.05) is 0 Å². The zero-order chi connectivity index (χ0) is 20.2. The summed E-state index contributed by atoms with van der Waals surface area (Å²) < 4.78 is 27.7. The number of hydrogen-bond acceptors (Lipinski definition) is 0. The van der Waals surface area contributed by atoms with Crippen LogP contribution in [-0.4, -0.2) is 0 Å². The number of rotatable bonds is 3. The van der Waals surface area contributed by atoms with E-state index in [9.17, 15) is 8.78 Å². The average molecular weight is 393 g/mol. The Balaban J connectivity index is 1.44. The van der Waals surface area contributed by atoms with Crippen LogP contribution in [0.1, 0.15) is 74.1 Å². The van der Waals surface area contributed by atoms with E-state index in [0.717, 1.165) is 24.7 Å². The Kier molecular flexibility index (Phi) is 6.34. The van der Waals surface area contributed by atoms with Crippen molar-refractivity contribution in [3.05, 3.63) is 70.3 Å². The fourth-order valence-corrected chi connectivity index (χ4v) is 5.33. The summed E-state index contributed by atoms with van der Waals surface area (Å²) in [5.41, 5.74) is 3.58. The molecule has 152 valence electrons. The third kappa shape index (κ3) is 4.89.